The van der Waals surface area contributed by atoms with E-state index in [9.17, 15) is 4.79 Å². The SMILES string of the molecule is O=C(CC1CCCN1)NC1CCN(Cc2ccc(Cl)cc2)CC1. The lowest BCUT2D eigenvalue weighted by atomic mass is 10.0. The lowest BCUT2D eigenvalue weighted by Crippen LogP contribution is -2.45. The number of likely N-dealkylation sites (tertiary alicyclic amines) is 1. The molecule has 1 aromatic rings. The molecule has 0 radical (unpaired) electrons. The van der Waals surface area contributed by atoms with Gasteiger partial charge in [0.15, 0.2) is 0 Å². The van der Waals surface area contributed by atoms with Crippen molar-refractivity contribution < 1.29 is 4.79 Å². The van der Waals surface area contributed by atoms with E-state index in [2.05, 4.69) is 27.7 Å². The topological polar surface area (TPSA) is 44.4 Å². The number of hydrogen-bond donors (Lipinski definition) is 2. The number of amides is 1. The minimum atomic E-state index is 0.209. The second-order valence-electron chi connectivity index (χ2n) is 6.74. The maximum Gasteiger partial charge on any atom is 0.221 e. The van der Waals surface area contributed by atoms with Gasteiger partial charge in [-0.15, -0.1) is 0 Å². The van der Waals surface area contributed by atoms with Crippen molar-refractivity contribution in [2.75, 3.05) is 19.6 Å². The molecule has 0 spiro atoms. The molecule has 2 saturated heterocycles. The maximum atomic E-state index is 12.1. The van der Waals surface area contributed by atoms with Crippen molar-refractivity contribution in [1.29, 1.82) is 0 Å². The number of hydrogen-bond acceptors (Lipinski definition) is 3. The Bertz CT molecular complexity index is 506. The van der Waals surface area contributed by atoms with Gasteiger partial charge in [-0.1, -0.05) is 23.7 Å². The van der Waals surface area contributed by atoms with Crippen molar-refractivity contribution >= 4 is 17.5 Å². The predicted molar refractivity (Wildman–Crippen MR) is 93.5 cm³/mol. The molecule has 0 aliphatic carbocycles. The Morgan fingerprint density at radius 1 is 1.22 bits per heavy atom. The Labute approximate surface area is 143 Å². The molecule has 0 bridgehead atoms. The highest BCUT2D eigenvalue weighted by molar-refractivity contribution is 6.30. The van der Waals surface area contributed by atoms with Gasteiger partial charge < -0.3 is 10.6 Å². The van der Waals surface area contributed by atoms with Crippen molar-refractivity contribution in [2.24, 2.45) is 0 Å². The highest BCUT2D eigenvalue weighted by Crippen LogP contribution is 2.16. The van der Waals surface area contributed by atoms with Crippen LogP contribution in [-0.2, 0) is 11.3 Å². The van der Waals surface area contributed by atoms with Crippen LogP contribution in [-0.4, -0.2) is 42.5 Å². The normalized spacial score (nSPS) is 23.1. The Morgan fingerprint density at radius 2 is 1.96 bits per heavy atom. The van der Waals surface area contributed by atoms with Gasteiger partial charge in [0.2, 0.25) is 5.91 Å². The summed E-state index contributed by atoms with van der Waals surface area (Å²) >= 11 is 5.92. The average Bonchev–Trinajstić information content (AvgIpc) is 3.04. The van der Waals surface area contributed by atoms with E-state index in [4.69, 9.17) is 11.6 Å². The highest BCUT2D eigenvalue weighted by atomic mass is 35.5. The van der Waals surface area contributed by atoms with Gasteiger partial charge in [-0.3, -0.25) is 9.69 Å². The first-order valence-electron chi connectivity index (χ1n) is 8.68. The smallest absolute Gasteiger partial charge is 0.221 e. The Hall–Kier alpha value is -1.10. The van der Waals surface area contributed by atoms with E-state index in [0.717, 1.165) is 50.5 Å². The van der Waals surface area contributed by atoms with E-state index in [1.165, 1.54) is 12.0 Å². The van der Waals surface area contributed by atoms with Gasteiger partial charge in [-0.05, 0) is 49.9 Å². The fourth-order valence-electron chi connectivity index (χ4n) is 3.52. The molecule has 3 rings (SSSR count). The van der Waals surface area contributed by atoms with E-state index in [-0.39, 0.29) is 5.91 Å². The molecule has 1 aromatic carbocycles. The summed E-state index contributed by atoms with van der Waals surface area (Å²) in [6, 6.07) is 8.79. The molecule has 1 unspecified atom stereocenters. The number of carbonyl (C=O) groups excluding carboxylic acids is 1. The lowest BCUT2D eigenvalue weighted by molar-refractivity contribution is -0.122. The van der Waals surface area contributed by atoms with Crippen LogP contribution in [0.2, 0.25) is 5.02 Å². The number of rotatable bonds is 5. The van der Waals surface area contributed by atoms with Crippen LogP contribution in [0.1, 0.15) is 37.7 Å². The van der Waals surface area contributed by atoms with Crippen LogP contribution in [0.25, 0.3) is 0 Å². The van der Waals surface area contributed by atoms with Crippen molar-refractivity contribution in [3.63, 3.8) is 0 Å². The summed E-state index contributed by atoms with van der Waals surface area (Å²) in [6.07, 6.45) is 5.04. The molecular formula is C18H26ClN3O. The van der Waals surface area contributed by atoms with E-state index < -0.39 is 0 Å². The first kappa shape index (κ1) is 16.7. The number of benzene rings is 1. The fourth-order valence-corrected chi connectivity index (χ4v) is 3.65. The average molecular weight is 336 g/mol. The molecule has 1 atom stereocenters. The second-order valence-corrected chi connectivity index (χ2v) is 7.18. The zero-order valence-electron chi connectivity index (χ0n) is 13.6. The summed E-state index contributed by atoms with van der Waals surface area (Å²) in [5.41, 5.74) is 1.30. The van der Waals surface area contributed by atoms with Crippen LogP contribution < -0.4 is 10.6 Å². The Kier molecular flexibility index (Phi) is 5.92. The molecule has 1 amide bonds. The van der Waals surface area contributed by atoms with Crippen molar-refractivity contribution in [3.05, 3.63) is 34.9 Å². The molecule has 23 heavy (non-hydrogen) atoms. The van der Waals surface area contributed by atoms with Crippen molar-refractivity contribution in [3.8, 4) is 0 Å². The van der Waals surface area contributed by atoms with Gasteiger partial charge in [0.1, 0.15) is 0 Å². The first-order chi connectivity index (χ1) is 11.2. The number of halogens is 1. The molecule has 2 heterocycles. The minimum absolute atomic E-state index is 0.209. The molecule has 0 aromatic heterocycles. The summed E-state index contributed by atoms with van der Waals surface area (Å²) in [5.74, 6) is 0.209. The van der Waals surface area contributed by atoms with Gasteiger partial charge in [0, 0.05) is 43.2 Å². The van der Waals surface area contributed by atoms with Crippen molar-refractivity contribution in [1.82, 2.24) is 15.5 Å². The first-order valence-corrected chi connectivity index (χ1v) is 9.06. The maximum absolute atomic E-state index is 12.1. The third-order valence-corrected chi connectivity index (χ3v) is 5.12. The zero-order valence-corrected chi connectivity index (χ0v) is 14.3. The second kappa shape index (κ2) is 8.13. The Balaban J connectivity index is 1.37. The summed E-state index contributed by atoms with van der Waals surface area (Å²) < 4.78 is 0. The highest BCUT2D eigenvalue weighted by Gasteiger charge is 2.23. The van der Waals surface area contributed by atoms with Gasteiger partial charge in [-0.2, -0.15) is 0 Å². The largest absolute Gasteiger partial charge is 0.353 e. The standard InChI is InChI=1S/C18H26ClN3O/c19-15-5-3-14(4-6-15)13-22-10-7-16(8-11-22)21-18(23)12-17-2-1-9-20-17/h3-6,16-17,20H,1-2,7-13H2,(H,21,23). The lowest BCUT2D eigenvalue weighted by Gasteiger charge is -2.32. The summed E-state index contributed by atoms with van der Waals surface area (Å²) in [4.78, 5) is 14.5. The molecular weight excluding hydrogens is 310 g/mol. The molecule has 2 aliphatic heterocycles. The van der Waals surface area contributed by atoms with E-state index in [1.54, 1.807) is 0 Å². The molecule has 4 nitrogen and oxygen atoms in total. The molecule has 0 saturated carbocycles. The third-order valence-electron chi connectivity index (χ3n) is 4.87. The van der Waals surface area contributed by atoms with E-state index >= 15 is 0 Å². The van der Waals surface area contributed by atoms with Gasteiger partial charge in [0.25, 0.3) is 0 Å². The molecule has 126 valence electrons. The van der Waals surface area contributed by atoms with E-state index in [1.807, 2.05) is 12.1 Å². The van der Waals surface area contributed by atoms with Crippen LogP contribution in [0.15, 0.2) is 24.3 Å². The van der Waals surface area contributed by atoms with Gasteiger partial charge >= 0.3 is 0 Å². The number of nitrogens with one attached hydrogen (secondary N) is 2. The molecule has 5 heteroatoms. The molecule has 2 N–H and O–H groups in total. The number of carbonyl (C=O) groups is 1. The third kappa shape index (κ3) is 5.20. The fraction of sp³-hybridized carbons (Fsp3) is 0.611. The predicted octanol–water partition coefficient (Wildman–Crippen LogP) is 2.56. The minimum Gasteiger partial charge on any atom is -0.353 e. The van der Waals surface area contributed by atoms with Gasteiger partial charge in [0.05, 0.1) is 0 Å². The summed E-state index contributed by atoms with van der Waals surface area (Å²) in [6.45, 7) is 4.09. The monoisotopic (exact) mass is 335 g/mol. The van der Waals surface area contributed by atoms with Crippen LogP contribution >= 0.6 is 11.6 Å². The van der Waals surface area contributed by atoms with Crippen LogP contribution in [0.5, 0.6) is 0 Å². The van der Waals surface area contributed by atoms with Crippen molar-refractivity contribution in [2.45, 2.75) is 50.7 Å². The molecule has 2 aliphatic rings. The zero-order chi connectivity index (χ0) is 16.1. The number of piperidine rings is 1. The van der Waals surface area contributed by atoms with Crippen LogP contribution in [0, 0.1) is 0 Å². The van der Waals surface area contributed by atoms with Crippen LogP contribution in [0.3, 0.4) is 0 Å². The molecule has 2 fully saturated rings. The van der Waals surface area contributed by atoms with Crippen LogP contribution in [0.4, 0.5) is 0 Å². The van der Waals surface area contributed by atoms with Gasteiger partial charge in [-0.25, -0.2) is 0 Å². The van der Waals surface area contributed by atoms with E-state index in [0.29, 0.717) is 18.5 Å². The Morgan fingerprint density at radius 3 is 2.61 bits per heavy atom. The summed E-state index contributed by atoms with van der Waals surface area (Å²) in [5, 5.41) is 7.38. The number of nitrogens with zero attached hydrogens (tertiary/aromatic N) is 1. The summed E-state index contributed by atoms with van der Waals surface area (Å²) in [7, 11) is 0. The quantitative estimate of drug-likeness (QED) is 0.869.